The van der Waals surface area contributed by atoms with Crippen LogP contribution in [-0.4, -0.2) is 9.55 Å². The van der Waals surface area contributed by atoms with Crippen molar-refractivity contribution in [2.24, 2.45) is 0 Å². The van der Waals surface area contributed by atoms with Crippen molar-refractivity contribution < 1.29 is 4.39 Å². The minimum Gasteiger partial charge on any atom is -0.324 e. The van der Waals surface area contributed by atoms with Crippen molar-refractivity contribution >= 4 is 11.0 Å². The van der Waals surface area contributed by atoms with Gasteiger partial charge in [-0.25, -0.2) is 9.37 Å². The maximum absolute atomic E-state index is 13.2. The second-order valence-corrected chi connectivity index (χ2v) is 6.00. The molecule has 0 saturated heterocycles. The molecular weight excluding hydrogens is 287 g/mol. The molecule has 0 unspecified atom stereocenters. The number of hydrogen-bond donors (Lipinski definition) is 0. The zero-order valence-corrected chi connectivity index (χ0v) is 13.6. The van der Waals surface area contributed by atoms with Gasteiger partial charge >= 0.3 is 0 Å². The molecule has 0 amide bonds. The summed E-state index contributed by atoms with van der Waals surface area (Å²) in [7, 11) is 0. The molecule has 2 aromatic carbocycles. The van der Waals surface area contributed by atoms with Crippen molar-refractivity contribution in [2.45, 2.75) is 45.6 Å². The number of aryl methyl sites for hydroxylation is 1. The Bertz CT molecular complexity index is 759. The highest BCUT2D eigenvalue weighted by molar-refractivity contribution is 5.80. The molecule has 0 bridgehead atoms. The molecule has 0 atom stereocenters. The molecule has 3 heteroatoms. The molecule has 0 fully saturated rings. The molecular formula is C20H23FN2. The fourth-order valence-corrected chi connectivity index (χ4v) is 2.99. The van der Waals surface area contributed by atoms with Gasteiger partial charge in [0, 0.05) is 12.1 Å². The molecule has 1 aromatic heterocycles. The van der Waals surface area contributed by atoms with E-state index in [9.17, 15) is 4.39 Å². The van der Waals surface area contributed by atoms with Crippen LogP contribution < -0.4 is 0 Å². The predicted molar refractivity (Wildman–Crippen MR) is 93.9 cm³/mol. The number of fused-ring (bicyclic) bond motifs is 1. The predicted octanol–water partition coefficient (Wildman–Crippen LogP) is 5.81. The van der Waals surface area contributed by atoms with Gasteiger partial charge in [0.05, 0.1) is 11.0 Å². The van der Waals surface area contributed by atoms with Crippen LogP contribution in [0, 0.1) is 5.82 Å². The number of rotatable bonds is 7. The molecule has 0 aliphatic rings. The van der Waals surface area contributed by atoms with Crippen molar-refractivity contribution in [2.75, 3.05) is 0 Å². The van der Waals surface area contributed by atoms with Crippen molar-refractivity contribution in [3.8, 4) is 11.4 Å². The van der Waals surface area contributed by atoms with Crippen LogP contribution in [0.5, 0.6) is 0 Å². The van der Waals surface area contributed by atoms with Gasteiger partial charge in [-0.15, -0.1) is 0 Å². The SMILES string of the molecule is CCCCCCCn1c(-c2ccc(F)cc2)nc2ccccc21. The van der Waals surface area contributed by atoms with Crippen molar-refractivity contribution in [3.63, 3.8) is 0 Å². The number of halogens is 1. The van der Waals surface area contributed by atoms with E-state index in [1.54, 1.807) is 0 Å². The molecule has 0 N–H and O–H groups in total. The van der Waals surface area contributed by atoms with Crippen LogP contribution in [0.15, 0.2) is 48.5 Å². The monoisotopic (exact) mass is 310 g/mol. The quantitative estimate of drug-likeness (QED) is 0.503. The van der Waals surface area contributed by atoms with Crippen molar-refractivity contribution in [3.05, 3.63) is 54.3 Å². The second kappa shape index (κ2) is 7.40. The van der Waals surface area contributed by atoms with E-state index in [1.165, 1.54) is 37.8 Å². The molecule has 23 heavy (non-hydrogen) atoms. The molecule has 3 aromatic rings. The fraction of sp³-hybridized carbons (Fsp3) is 0.350. The van der Waals surface area contributed by atoms with E-state index in [-0.39, 0.29) is 5.82 Å². The number of imidazole rings is 1. The lowest BCUT2D eigenvalue weighted by Crippen LogP contribution is -2.01. The highest BCUT2D eigenvalue weighted by atomic mass is 19.1. The number of unbranched alkanes of at least 4 members (excludes halogenated alkanes) is 4. The van der Waals surface area contributed by atoms with Gasteiger partial charge in [-0.2, -0.15) is 0 Å². The Kier molecular flexibility index (Phi) is 5.06. The highest BCUT2D eigenvalue weighted by Crippen LogP contribution is 2.25. The summed E-state index contributed by atoms with van der Waals surface area (Å²) in [5, 5.41) is 0. The first-order valence-corrected chi connectivity index (χ1v) is 8.51. The molecule has 0 aliphatic heterocycles. The molecule has 0 aliphatic carbocycles. The Hall–Kier alpha value is -2.16. The van der Waals surface area contributed by atoms with Gasteiger partial charge in [0.15, 0.2) is 0 Å². The minimum atomic E-state index is -0.212. The Balaban J connectivity index is 1.90. The first-order chi connectivity index (χ1) is 11.3. The average molecular weight is 310 g/mol. The topological polar surface area (TPSA) is 17.8 Å². The van der Waals surface area contributed by atoms with Crippen LogP contribution in [0.3, 0.4) is 0 Å². The Morgan fingerprint density at radius 2 is 1.65 bits per heavy atom. The summed E-state index contributed by atoms with van der Waals surface area (Å²) in [5.41, 5.74) is 3.12. The summed E-state index contributed by atoms with van der Waals surface area (Å²) in [5.74, 6) is 0.720. The molecule has 120 valence electrons. The van der Waals surface area contributed by atoms with Gasteiger partial charge in [-0.05, 0) is 42.8 Å². The zero-order valence-electron chi connectivity index (χ0n) is 13.6. The van der Waals surface area contributed by atoms with Crippen LogP contribution in [0.25, 0.3) is 22.4 Å². The van der Waals surface area contributed by atoms with E-state index >= 15 is 0 Å². The van der Waals surface area contributed by atoms with Crippen LogP contribution in [-0.2, 0) is 6.54 Å². The van der Waals surface area contributed by atoms with E-state index in [1.807, 2.05) is 30.3 Å². The summed E-state index contributed by atoms with van der Waals surface area (Å²) in [6, 6.07) is 14.8. The van der Waals surface area contributed by atoms with Gasteiger partial charge in [0.1, 0.15) is 11.6 Å². The van der Waals surface area contributed by atoms with Gasteiger partial charge < -0.3 is 4.57 Å². The summed E-state index contributed by atoms with van der Waals surface area (Å²) in [6.07, 6.45) is 6.23. The number of para-hydroxylation sites is 2. The van der Waals surface area contributed by atoms with E-state index in [2.05, 4.69) is 17.6 Å². The maximum atomic E-state index is 13.2. The largest absolute Gasteiger partial charge is 0.324 e. The molecule has 0 saturated carbocycles. The third-order valence-electron chi connectivity index (χ3n) is 4.24. The van der Waals surface area contributed by atoms with E-state index < -0.39 is 0 Å². The van der Waals surface area contributed by atoms with E-state index in [0.717, 1.165) is 35.4 Å². The van der Waals surface area contributed by atoms with Gasteiger partial charge in [0.2, 0.25) is 0 Å². The average Bonchev–Trinajstić information content (AvgIpc) is 2.94. The molecule has 0 spiro atoms. The number of aromatic nitrogens is 2. The van der Waals surface area contributed by atoms with Crippen molar-refractivity contribution in [1.29, 1.82) is 0 Å². The van der Waals surface area contributed by atoms with Crippen LogP contribution in [0.1, 0.15) is 39.0 Å². The Morgan fingerprint density at radius 1 is 0.913 bits per heavy atom. The normalized spacial score (nSPS) is 11.2. The number of nitrogens with zero attached hydrogens (tertiary/aromatic N) is 2. The summed E-state index contributed by atoms with van der Waals surface area (Å²) < 4.78 is 15.5. The lowest BCUT2D eigenvalue weighted by Gasteiger charge is -2.09. The first kappa shape index (κ1) is 15.7. The summed E-state index contributed by atoms with van der Waals surface area (Å²) in [6.45, 7) is 3.19. The fourth-order valence-electron chi connectivity index (χ4n) is 2.99. The third kappa shape index (κ3) is 3.61. The molecule has 1 heterocycles. The molecule has 3 rings (SSSR count). The van der Waals surface area contributed by atoms with Gasteiger partial charge in [-0.3, -0.25) is 0 Å². The van der Waals surface area contributed by atoms with Crippen LogP contribution >= 0.6 is 0 Å². The number of benzene rings is 2. The summed E-state index contributed by atoms with van der Waals surface area (Å²) >= 11 is 0. The highest BCUT2D eigenvalue weighted by Gasteiger charge is 2.12. The van der Waals surface area contributed by atoms with E-state index in [0.29, 0.717) is 0 Å². The summed E-state index contributed by atoms with van der Waals surface area (Å²) in [4.78, 5) is 4.77. The molecule has 0 radical (unpaired) electrons. The van der Waals surface area contributed by atoms with Gasteiger partial charge in [0.25, 0.3) is 0 Å². The second-order valence-electron chi connectivity index (χ2n) is 6.00. The minimum absolute atomic E-state index is 0.212. The van der Waals surface area contributed by atoms with Crippen LogP contribution in [0.4, 0.5) is 4.39 Å². The first-order valence-electron chi connectivity index (χ1n) is 8.51. The Labute approximate surface area is 137 Å². The lowest BCUT2D eigenvalue weighted by atomic mass is 10.1. The third-order valence-corrected chi connectivity index (χ3v) is 4.24. The lowest BCUT2D eigenvalue weighted by molar-refractivity contribution is 0.578. The maximum Gasteiger partial charge on any atom is 0.141 e. The van der Waals surface area contributed by atoms with Gasteiger partial charge in [-0.1, -0.05) is 44.7 Å². The number of hydrogen-bond acceptors (Lipinski definition) is 1. The standard InChI is InChI=1S/C20H23FN2/c1-2-3-4-5-8-15-23-19-10-7-6-9-18(19)22-20(23)16-11-13-17(21)14-12-16/h6-7,9-14H,2-5,8,15H2,1H3. The molecule has 2 nitrogen and oxygen atoms in total. The zero-order chi connectivity index (χ0) is 16.1. The van der Waals surface area contributed by atoms with E-state index in [4.69, 9.17) is 4.98 Å². The van der Waals surface area contributed by atoms with Crippen LogP contribution in [0.2, 0.25) is 0 Å². The smallest absolute Gasteiger partial charge is 0.141 e. The Morgan fingerprint density at radius 3 is 2.43 bits per heavy atom. The van der Waals surface area contributed by atoms with Crippen molar-refractivity contribution in [1.82, 2.24) is 9.55 Å².